The quantitative estimate of drug-likeness (QED) is 0.698. The Balaban J connectivity index is 1.95. The Morgan fingerprint density at radius 1 is 1.24 bits per heavy atom. The van der Waals surface area contributed by atoms with E-state index in [2.05, 4.69) is 15.2 Å². The van der Waals surface area contributed by atoms with Crippen LogP contribution < -0.4 is 0 Å². The Hall–Kier alpha value is -2.64. The number of hydrogen-bond donors (Lipinski definition) is 1. The molecule has 25 heavy (non-hydrogen) atoms. The van der Waals surface area contributed by atoms with Gasteiger partial charge in [0.2, 0.25) is 6.10 Å². The predicted octanol–water partition coefficient (Wildman–Crippen LogP) is 3.34. The number of aromatic nitrogens is 3. The summed E-state index contributed by atoms with van der Waals surface area (Å²) in [6.07, 6.45) is 0.195. The largest absolute Gasteiger partial charge is 0.466 e. The molecule has 0 saturated carbocycles. The van der Waals surface area contributed by atoms with Crippen molar-refractivity contribution in [1.29, 1.82) is 0 Å². The minimum absolute atomic E-state index is 0.0714. The number of nitrogens with zero attached hydrogens (tertiary/aromatic N) is 2. The van der Waals surface area contributed by atoms with E-state index >= 15 is 0 Å². The molecule has 0 aliphatic carbocycles. The molecule has 1 atom stereocenters. The van der Waals surface area contributed by atoms with E-state index in [0.29, 0.717) is 16.1 Å². The summed E-state index contributed by atoms with van der Waals surface area (Å²) < 4.78 is 10.0. The average Bonchev–Trinajstić information content (AvgIpc) is 3.03. The number of esters is 2. The third-order valence-electron chi connectivity index (χ3n) is 3.42. The Labute approximate surface area is 151 Å². The SMILES string of the molecule is COC(=O)C(OC(=O)c1[nH]nc2ncccc12)c1ccc(Cl)cc1Cl. The van der Waals surface area contributed by atoms with Crippen LogP contribution >= 0.6 is 23.2 Å². The van der Waals surface area contributed by atoms with Gasteiger partial charge in [0, 0.05) is 21.8 Å². The lowest BCUT2D eigenvalue weighted by atomic mass is 10.1. The summed E-state index contributed by atoms with van der Waals surface area (Å²) in [6.45, 7) is 0. The van der Waals surface area contributed by atoms with Crippen molar-refractivity contribution < 1.29 is 19.1 Å². The topological polar surface area (TPSA) is 94.2 Å². The van der Waals surface area contributed by atoms with E-state index in [9.17, 15) is 9.59 Å². The number of rotatable bonds is 4. The molecule has 0 aliphatic rings. The Kier molecular flexibility index (Phi) is 4.87. The number of carbonyl (C=O) groups is 2. The first-order valence-corrected chi connectivity index (χ1v) is 7.79. The minimum Gasteiger partial charge on any atom is -0.466 e. The van der Waals surface area contributed by atoms with Crippen LogP contribution in [0.2, 0.25) is 10.0 Å². The number of ether oxygens (including phenoxy) is 2. The predicted molar refractivity (Wildman–Crippen MR) is 90.5 cm³/mol. The lowest BCUT2D eigenvalue weighted by Gasteiger charge is -2.17. The molecule has 0 radical (unpaired) electrons. The van der Waals surface area contributed by atoms with Gasteiger partial charge in [-0.3, -0.25) is 5.10 Å². The summed E-state index contributed by atoms with van der Waals surface area (Å²) in [7, 11) is 1.18. The zero-order valence-corrected chi connectivity index (χ0v) is 14.3. The van der Waals surface area contributed by atoms with E-state index in [4.69, 9.17) is 32.7 Å². The molecule has 0 saturated heterocycles. The molecule has 9 heteroatoms. The Morgan fingerprint density at radius 2 is 2.04 bits per heavy atom. The normalized spacial score (nSPS) is 12.0. The molecule has 128 valence electrons. The molecular formula is C16H11Cl2N3O4. The van der Waals surface area contributed by atoms with Gasteiger partial charge in [-0.2, -0.15) is 5.10 Å². The zero-order chi connectivity index (χ0) is 18.0. The van der Waals surface area contributed by atoms with Gasteiger partial charge in [0.25, 0.3) is 0 Å². The van der Waals surface area contributed by atoms with Crippen LogP contribution in [0.25, 0.3) is 11.0 Å². The second-order valence-corrected chi connectivity index (χ2v) is 5.79. The molecule has 2 heterocycles. The van der Waals surface area contributed by atoms with Crippen LogP contribution in [0.15, 0.2) is 36.5 Å². The van der Waals surface area contributed by atoms with Gasteiger partial charge in [-0.15, -0.1) is 0 Å². The fourth-order valence-corrected chi connectivity index (χ4v) is 2.74. The zero-order valence-electron chi connectivity index (χ0n) is 12.8. The number of aromatic amines is 1. The summed E-state index contributed by atoms with van der Waals surface area (Å²) in [6, 6.07) is 7.78. The third-order valence-corrected chi connectivity index (χ3v) is 3.98. The number of nitrogens with one attached hydrogen (secondary N) is 1. The van der Waals surface area contributed by atoms with Gasteiger partial charge in [0.05, 0.1) is 12.5 Å². The van der Waals surface area contributed by atoms with E-state index in [1.165, 1.54) is 25.3 Å². The van der Waals surface area contributed by atoms with Gasteiger partial charge in [-0.25, -0.2) is 14.6 Å². The van der Waals surface area contributed by atoms with Crippen LogP contribution in [0.5, 0.6) is 0 Å². The molecule has 0 bridgehead atoms. The van der Waals surface area contributed by atoms with Gasteiger partial charge < -0.3 is 9.47 Å². The fraction of sp³-hybridized carbons (Fsp3) is 0.125. The highest BCUT2D eigenvalue weighted by Gasteiger charge is 2.30. The maximum atomic E-state index is 12.5. The standard InChI is InChI=1S/C16H11Cl2N3O4/c1-24-16(23)13(9-5-4-8(17)7-11(9)18)25-15(22)12-10-3-2-6-19-14(10)21-20-12/h2-7,13H,1H3,(H,19,20,21). The maximum Gasteiger partial charge on any atom is 0.358 e. The number of H-pyrrole nitrogens is 1. The second kappa shape index (κ2) is 7.08. The highest BCUT2D eigenvalue weighted by Crippen LogP contribution is 2.30. The average molecular weight is 380 g/mol. The third kappa shape index (κ3) is 3.42. The lowest BCUT2D eigenvalue weighted by molar-refractivity contribution is -0.151. The van der Waals surface area contributed by atoms with Crippen LogP contribution in [0.1, 0.15) is 22.2 Å². The van der Waals surface area contributed by atoms with E-state index in [1.54, 1.807) is 18.3 Å². The summed E-state index contributed by atoms with van der Waals surface area (Å²) in [5.41, 5.74) is 0.684. The first-order valence-electron chi connectivity index (χ1n) is 7.04. The van der Waals surface area contributed by atoms with Crippen LogP contribution in [0.4, 0.5) is 0 Å². The number of fused-ring (bicyclic) bond motifs is 1. The van der Waals surface area contributed by atoms with Crippen molar-refractivity contribution in [2.75, 3.05) is 7.11 Å². The molecule has 0 spiro atoms. The van der Waals surface area contributed by atoms with Crippen molar-refractivity contribution in [3.05, 3.63) is 57.8 Å². The lowest BCUT2D eigenvalue weighted by Crippen LogP contribution is -2.22. The fourth-order valence-electron chi connectivity index (χ4n) is 2.23. The van der Waals surface area contributed by atoms with Gasteiger partial charge in [0.15, 0.2) is 11.3 Å². The van der Waals surface area contributed by atoms with E-state index in [1.807, 2.05) is 0 Å². The molecule has 1 unspecified atom stereocenters. The van der Waals surface area contributed by atoms with E-state index < -0.39 is 18.0 Å². The van der Waals surface area contributed by atoms with Gasteiger partial charge in [0.1, 0.15) is 0 Å². The van der Waals surface area contributed by atoms with Gasteiger partial charge in [-0.1, -0.05) is 29.3 Å². The van der Waals surface area contributed by atoms with Crippen molar-refractivity contribution in [3.8, 4) is 0 Å². The molecule has 1 aromatic carbocycles. The molecule has 3 aromatic rings. The van der Waals surface area contributed by atoms with Crippen molar-refractivity contribution in [1.82, 2.24) is 15.2 Å². The monoisotopic (exact) mass is 379 g/mol. The molecule has 0 fully saturated rings. The van der Waals surface area contributed by atoms with E-state index in [0.717, 1.165) is 0 Å². The molecular weight excluding hydrogens is 369 g/mol. The number of benzene rings is 1. The van der Waals surface area contributed by atoms with Crippen molar-refractivity contribution in [2.45, 2.75) is 6.10 Å². The number of pyridine rings is 1. The van der Waals surface area contributed by atoms with Crippen LogP contribution in [0, 0.1) is 0 Å². The first kappa shape index (κ1) is 17.2. The second-order valence-electron chi connectivity index (χ2n) is 4.95. The van der Waals surface area contributed by atoms with Crippen molar-refractivity contribution >= 4 is 46.2 Å². The summed E-state index contributed by atoms with van der Waals surface area (Å²) in [4.78, 5) is 28.6. The highest BCUT2D eigenvalue weighted by molar-refractivity contribution is 6.35. The van der Waals surface area contributed by atoms with Crippen LogP contribution in [0.3, 0.4) is 0 Å². The number of carbonyl (C=O) groups excluding carboxylic acids is 2. The molecule has 0 amide bonds. The molecule has 1 N–H and O–H groups in total. The van der Waals surface area contributed by atoms with Gasteiger partial charge >= 0.3 is 11.9 Å². The summed E-state index contributed by atoms with van der Waals surface area (Å²) >= 11 is 12.0. The summed E-state index contributed by atoms with van der Waals surface area (Å²) in [5.74, 6) is -1.57. The Bertz CT molecular complexity index is 957. The molecule has 0 aliphatic heterocycles. The van der Waals surface area contributed by atoms with Crippen LogP contribution in [-0.4, -0.2) is 34.2 Å². The Morgan fingerprint density at radius 3 is 2.76 bits per heavy atom. The smallest absolute Gasteiger partial charge is 0.358 e. The minimum atomic E-state index is -1.35. The summed E-state index contributed by atoms with van der Waals surface area (Å²) in [5, 5.41) is 7.50. The van der Waals surface area contributed by atoms with Gasteiger partial charge in [-0.05, 0) is 24.3 Å². The molecule has 3 rings (SSSR count). The number of methoxy groups -OCH3 is 1. The van der Waals surface area contributed by atoms with Crippen LogP contribution in [-0.2, 0) is 14.3 Å². The highest BCUT2D eigenvalue weighted by atomic mass is 35.5. The maximum absolute atomic E-state index is 12.5. The van der Waals surface area contributed by atoms with E-state index in [-0.39, 0.29) is 16.3 Å². The molecule has 7 nitrogen and oxygen atoms in total. The van der Waals surface area contributed by atoms with Crippen molar-refractivity contribution in [3.63, 3.8) is 0 Å². The number of hydrogen-bond acceptors (Lipinski definition) is 6. The first-order chi connectivity index (χ1) is 12.0. The molecule has 2 aromatic heterocycles. The van der Waals surface area contributed by atoms with Crippen molar-refractivity contribution in [2.24, 2.45) is 0 Å². The number of halogens is 2.